The van der Waals surface area contributed by atoms with Gasteiger partial charge in [0.25, 0.3) is 0 Å². The zero-order valence-corrected chi connectivity index (χ0v) is 21.4. The number of nitrogens with one attached hydrogen (secondary N) is 1. The third-order valence-corrected chi connectivity index (χ3v) is 6.38. The van der Waals surface area contributed by atoms with Crippen LogP contribution in [-0.4, -0.2) is 40.0 Å². The Morgan fingerprint density at radius 2 is 1.81 bits per heavy atom. The average Bonchev–Trinajstić information content (AvgIpc) is 2.87. The Hall–Kier alpha value is -3.52. The van der Waals surface area contributed by atoms with E-state index in [9.17, 15) is 13.2 Å². The van der Waals surface area contributed by atoms with Gasteiger partial charge in [-0.2, -0.15) is 13.2 Å². The predicted molar refractivity (Wildman–Crippen MR) is 142 cm³/mol. The zero-order chi connectivity index (χ0) is 26.4. The molecule has 194 valence electrons. The molecule has 2 heterocycles. The highest BCUT2D eigenvalue weighted by atomic mass is 19.4. The van der Waals surface area contributed by atoms with Crippen LogP contribution in [0.4, 0.5) is 19.0 Å². The summed E-state index contributed by atoms with van der Waals surface area (Å²) in [5.74, 6) is 1.31. The van der Waals surface area contributed by atoms with Gasteiger partial charge >= 0.3 is 6.18 Å². The molecular formula is C29H32F3N5. The SMILES string of the molecule is CCCCN(C)Cc1nc(NCCc2ccccc2C)c2ccc(-c3ncccc3C(F)(F)F)cc2n1. The van der Waals surface area contributed by atoms with Gasteiger partial charge in [-0.05, 0) is 68.8 Å². The molecule has 0 aliphatic rings. The molecule has 2 aromatic heterocycles. The number of anilines is 1. The van der Waals surface area contributed by atoms with Crippen molar-refractivity contribution in [3.8, 4) is 11.3 Å². The molecule has 0 radical (unpaired) electrons. The molecule has 0 saturated heterocycles. The third kappa shape index (κ3) is 6.63. The van der Waals surface area contributed by atoms with Gasteiger partial charge in [0.1, 0.15) is 11.6 Å². The second-order valence-corrected chi connectivity index (χ2v) is 9.31. The van der Waals surface area contributed by atoms with Gasteiger partial charge in [0.2, 0.25) is 0 Å². The molecule has 0 atom stereocenters. The number of aryl methyl sites for hydroxylation is 1. The van der Waals surface area contributed by atoms with Gasteiger partial charge in [0.05, 0.1) is 23.3 Å². The normalized spacial score (nSPS) is 11.9. The number of nitrogens with zero attached hydrogens (tertiary/aromatic N) is 4. The summed E-state index contributed by atoms with van der Waals surface area (Å²) in [4.78, 5) is 15.8. The largest absolute Gasteiger partial charge is 0.418 e. The second-order valence-electron chi connectivity index (χ2n) is 9.31. The van der Waals surface area contributed by atoms with Gasteiger partial charge in [-0.1, -0.05) is 43.7 Å². The van der Waals surface area contributed by atoms with Crippen LogP contribution in [0.1, 0.15) is 42.3 Å². The lowest BCUT2D eigenvalue weighted by atomic mass is 10.0. The Morgan fingerprint density at radius 1 is 1.00 bits per heavy atom. The first kappa shape index (κ1) is 26.5. The van der Waals surface area contributed by atoms with E-state index in [-0.39, 0.29) is 5.69 Å². The van der Waals surface area contributed by atoms with Crippen LogP contribution in [0.3, 0.4) is 0 Å². The van der Waals surface area contributed by atoms with E-state index in [1.165, 1.54) is 23.4 Å². The fourth-order valence-electron chi connectivity index (χ4n) is 4.35. The average molecular weight is 508 g/mol. The van der Waals surface area contributed by atoms with E-state index in [0.29, 0.717) is 35.8 Å². The van der Waals surface area contributed by atoms with Crippen LogP contribution in [-0.2, 0) is 19.1 Å². The quantitative estimate of drug-likeness (QED) is 0.253. The lowest BCUT2D eigenvalue weighted by Gasteiger charge is -2.17. The van der Waals surface area contributed by atoms with Crippen LogP contribution in [0.25, 0.3) is 22.2 Å². The van der Waals surface area contributed by atoms with E-state index in [1.807, 2.05) is 19.2 Å². The minimum Gasteiger partial charge on any atom is -0.369 e. The van der Waals surface area contributed by atoms with Crippen LogP contribution in [0.5, 0.6) is 0 Å². The van der Waals surface area contributed by atoms with Gasteiger partial charge in [0, 0.05) is 23.7 Å². The number of aromatic nitrogens is 3. The summed E-state index contributed by atoms with van der Waals surface area (Å²) in [6.45, 7) is 6.36. The highest BCUT2D eigenvalue weighted by Crippen LogP contribution is 2.36. The topological polar surface area (TPSA) is 53.9 Å². The molecule has 5 nitrogen and oxygen atoms in total. The number of hydrogen-bond donors (Lipinski definition) is 1. The first-order valence-electron chi connectivity index (χ1n) is 12.6. The molecule has 0 unspecified atom stereocenters. The van der Waals surface area contributed by atoms with Crippen molar-refractivity contribution < 1.29 is 13.2 Å². The van der Waals surface area contributed by atoms with Gasteiger partial charge in [-0.15, -0.1) is 0 Å². The van der Waals surface area contributed by atoms with E-state index in [0.717, 1.165) is 37.3 Å². The molecular weight excluding hydrogens is 475 g/mol. The summed E-state index contributed by atoms with van der Waals surface area (Å²) in [5.41, 5.74) is 2.57. The van der Waals surface area contributed by atoms with Gasteiger partial charge in [-0.3, -0.25) is 9.88 Å². The van der Waals surface area contributed by atoms with Gasteiger partial charge in [-0.25, -0.2) is 9.97 Å². The van der Waals surface area contributed by atoms with Crippen molar-refractivity contribution in [3.05, 3.63) is 83.3 Å². The van der Waals surface area contributed by atoms with Crippen molar-refractivity contribution >= 4 is 16.7 Å². The maximum atomic E-state index is 13.6. The Labute approximate surface area is 215 Å². The van der Waals surface area contributed by atoms with E-state index in [1.54, 1.807) is 18.2 Å². The summed E-state index contributed by atoms with van der Waals surface area (Å²) in [6.07, 6.45) is -0.148. The summed E-state index contributed by atoms with van der Waals surface area (Å²) >= 11 is 0. The summed E-state index contributed by atoms with van der Waals surface area (Å²) < 4.78 is 40.9. The number of benzene rings is 2. The number of fused-ring (bicyclic) bond motifs is 1. The van der Waals surface area contributed by atoms with Crippen molar-refractivity contribution in [3.63, 3.8) is 0 Å². The van der Waals surface area contributed by atoms with Crippen molar-refractivity contribution in [1.82, 2.24) is 19.9 Å². The minimum absolute atomic E-state index is 0.105. The lowest BCUT2D eigenvalue weighted by molar-refractivity contribution is -0.137. The van der Waals surface area contributed by atoms with Crippen LogP contribution < -0.4 is 5.32 Å². The summed E-state index contributed by atoms with van der Waals surface area (Å²) in [7, 11) is 2.02. The van der Waals surface area contributed by atoms with Crippen molar-refractivity contribution in [2.75, 3.05) is 25.5 Å². The van der Waals surface area contributed by atoms with Crippen LogP contribution in [0.2, 0.25) is 0 Å². The summed E-state index contributed by atoms with van der Waals surface area (Å²) in [5, 5.41) is 4.21. The highest BCUT2D eigenvalue weighted by Gasteiger charge is 2.34. The fourth-order valence-corrected chi connectivity index (χ4v) is 4.35. The monoisotopic (exact) mass is 507 g/mol. The molecule has 37 heavy (non-hydrogen) atoms. The molecule has 0 fully saturated rings. The molecule has 0 amide bonds. The molecule has 1 N–H and O–H groups in total. The molecule has 0 bridgehead atoms. The number of unbranched alkanes of at least 4 members (excludes halogenated alkanes) is 1. The fraction of sp³-hybridized carbons (Fsp3) is 0.345. The Bertz CT molecular complexity index is 1350. The smallest absolute Gasteiger partial charge is 0.369 e. The molecule has 8 heteroatoms. The molecule has 0 aliphatic heterocycles. The highest BCUT2D eigenvalue weighted by molar-refractivity contribution is 5.92. The molecule has 0 spiro atoms. The summed E-state index contributed by atoms with van der Waals surface area (Å²) in [6, 6.07) is 15.7. The maximum Gasteiger partial charge on any atom is 0.418 e. The molecule has 4 rings (SSSR count). The minimum atomic E-state index is -4.50. The van der Waals surface area contributed by atoms with Crippen molar-refractivity contribution in [1.29, 1.82) is 0 Å². The maximum absolute atomic E-state index is 13.6. The van der Waals surface area contributed by atoms with Crippen LogP contribution in [0, 0.1) is 6.92 Å². The number of alkyl halides is 3. The van der Waals surface area contributed by atoms with Crippen LogP contribution >= 0.6 is 0 Å². The predicted octanol–water partition coefficient (Wildman–Crippen LogP) is 6.91. The van der Waals surface area contributed by atoms with Crippen LogP contribution in [0.15, 0.2) is 60.8 Å². The zero-order valence-electron chi connectivity index (χ0n) is 21.4. The lowest BCUT2D eigenvalue weighted by Crippen LogP contribution is -2.21. The second kappa shape index (κ2) is 11.7. The Balaban J connectivity index is 1.70. The standard InChI is InChI=1S/C29H32F3N5/c1-4-5-17-37(3)19-26-35-25-18-22(27-24(29(30,31)32)11-8-15-33-27)12-13-23(25)28(36-26)34-16-14-21-10-7-6-9-20(21)2/h6-13,15,18H,4-5,14,16-17,19H2,1-3H3,(H,34,35,36). The molecule has 0 saturated carbocycles. The molecule has 0 aliphatic carbocycles. The van der Waals surface area contributed by atoms with E-state index < -0.39 is 11.7 Å². The Morgan fingerprint density at radius 3 is 2.57 bits per heavy atom. The number of hydrogen-bond acceptors (Lipinski definition) is 5. The van der Waals surface area contributed by atoms with Gasteiger partial charge < -0.3 is 5.32 Å². The van der Waals surface area contributed by atoms with Crippen molar-refractivity contribution in [2.45, 2.75) is 45.8 Å². The first-order valence-corrected chi connectivity index (χ1v) is 12.6. The Kier molecular flexibility index (Phi) is 8.38. The first-order chi connectivity index (χ1) is 17.8. The van der Waals surface area contributed by atoms with E-state index >= 15 is 0 Å². The molecule has 4 aromatic rings. The van der Waals surface area contributed by atoms with E-state index in [2.05, 4.69) is 41.2 Å². The van der Waals surface area contributed by atoms with Gasteiger partial charge in [0.15, 0.2) is 0 Å². The number of rotatable bonds is 10. The number of halogens is 3. The number of pyridine rings is 1. The third-order valence-electron chi connectivity index (χ3n) is 6.38. The van der Waals surface area contributed by atoms with E-state index in [4.69, 9.17) is 9.97 Å². The molecule has 2 aromatic carbocycles. The van der Waals surface area contributed by atoms with Crippen molar-refractivity contribution in [2.24, 2.45) is 0 Å².